The molecule has 27 heavy (non-hydrogen) atoms. The van der Waals surface area contributed by atoms with Crippen LogP contribution in [0.2, 0.25) is 5.02 Å². The molecule has 0 aliphatic heterocycles. The highest BCUT2D eigenvalue weighted by Crippen LogP contribution is 2.31. The van der Waals surface area contributed by atoms with E-state index in [9.17, 15) is 9.59 Å². The molecule has 2 aromatic heterocycles. The third-order valence-corrected chi connectivity index (χ3v) is 4.46. The molecule has 4 nitrogen and oxygen atoms in total. The SMILES string of the molecule is O=C(C=Cc1ccco1)c1c(-c2ccccc2)c2cc(Cl)ccc2[nH]c1=O. The van der Waals surface area contributed by atoms with E-state index in [0.29, 0.717) is 27.2 Å². The van der Waals surface area contributed by atoms with Gasteiger partial charge in [-0.1, -0.05) is 41.9 Å². The number of hydrogen-bond donors (Lipinski definition) is 1. The number of rotatable bonds is 4. The predicted octanol–water partition coefficient (Wildman–Crippen LogP) is 5.34. The van der Waals surface area contributed by atoms with Crippen LogP contribution in [0.3, 0.4) is 0 Å². The number of benzene rings is 2. The van der Waals surface area contributed by atoms with Gasteiger partial charge in [-0.05, 0) is 48.0 Å². The summed E-state index contributed by atoms with van der Waals surface area (Å²) in [5.74, 6) is 0.123. The van der Waals surface area contributed by atoms with Crippen molar-refractivity contribution in [3.8, 4) is 11.1 Å². The van der Waals surface area contributed by atoms with E-state index in [1.54, 1.807) is 36.4 Å². The average molecular weight is 376 g/mol. The Kier molecular flexibility index (Phi) is 4.48. The molecule has 1 N–H and O–H groups in total. The molecule has 0 fully saturated rings. The van der Waals surface area contributed by atoms with E-state index in [0.717, 1.165) is 5.56 Å². The first-order valence-corrected chi connectivity index (χ1v) is 8.68. The number of pyridine rings is 1. The van der Waals surface area contributed by atoms with Crippen LogP contribution in [0, 0.1) is 0 Å². The van der Waals surface area contributed by atoms with Crippen LogP contribution < -0.4 is 5.56 Å². The average Bonchev–Trinajstić information content (AvgIpc) is 3.20. The normalized spacial score (nSPS) is 11.3. The zero-order valence-electron chi connectivity index (χ0n) is 14.1. The fourth-order valence-corrected chi connectivity index (χ4v) is 3.20. The van der Waals surface area contributed by atoms with Crippen LogP contribution in [0.4, 0.5) is 0 Å². The summed E-state index contributed by atoms with van der Waals surface area (Å²) in [6.07, 6.45) is 4.40. The molecule has 132 valence electrons. The summed E-state index contributed by atoms with van der Waals surface area (Å²) in [6.45, 7) is 0. The Hall–Kier alpha value is -3.37. The Labute approximate surface area is 159 Å². The lowest BCUT2D eigenvalue weighted by molar-refractivity contribution is 0.104. The molecule has 4 rings (SSSR count). The third kappa shape index (κ3) is 3.35. The maximum Gasteiger partial charge on any atom is 0.260 e. The van der Waals surface area contributed by atoms with Gasteiger partial charge in [-0.15, -0.1) is 0 Å². The van der Waals surface area contributed by atoms with Crippen molar-refractivity contribution in [2.75, 3.05) is 0 Å². The van der Waals surface area contributed by atoms with Crippen molar-refractivity contribution >= 4 is 34.4 Å². The second-order valence-electron chi connectivity index (χ2n) is 5.97. The Morgan fingerprint density at radius 3 is 2.59 bits per heavy atom. The summed E-state index contributed by atoms with van der Waals surface area (Å²) in [4.78, 5) is 28.4. The number of halogens is 1. The lowest BCUT2D eigenvalue weighted by Crippen LogP contribution is -2.18. The molecule has 0 atom stereocenters. The molecule has 0 spiro atoms. The van der Waals surface area contributed by atoms with Gasteiger partial charge in [0.25, 0.3) is 5.56 Å². The van der Waals surface area contributed by atoms with Crippen LogP contribution in [-0.2, 0) is 0 Å². The molecule has 0 radical (unpaired) electrons. The summed E-state index contributed by atoms with van der Waals surface area (Å²) in [5.41, 5.74) is 1.57. The lowest BCUT2D eigenvalue weighted by Gasteiger charge is -2.11. The minimum Gasteiger partial charge on any atom is -0.465 e. The third-order valence-electron chi connectivity index (χ3n) is 4.23. The molecule has 2 heterocycles. The minimum atomic E-state index is -0.447. The van der Waals surface area contributed by atoms with Crippen LogP contribution in [-0.4, -0.2) is 10.8 Å². The highest BCUT2D eigenvalue weighted by atomic mass is 35.5. The number of carbonyl (C=O) groups is 1. The number of aromatic nitrogens is 1. The first kappa shape index (κ1) is 17.1. The number of ketones is 1. The first-order chi connectivity index (χ1) is 13.1. The molecule has 0 bridgehead atoms. The van der Waals surface area contributed by atoms with E-state index < -0.39 is 11.3 Å². The van der Waals surface area contributed by atoms with Gasteiger partial charge in [0.15, 0.2) is 5.78 Å². The molecular weight excluding hydrogens is 362 g/mol. The van der Waals surface area contributed by atoms with Crippen LogP contribution >= 0.6 is 11.6 Å². The van der Waals surface area contributed by atoms with Crippen molar-refractivity contribution in [3.63, 3.8) is 0 Å². The Morgan fingerprint density at radius 1 is 1.04 bits per heavy atom. The van der Waals surface area contributed by atoms with Crippen LogP contribution in [0.5, 0.6) is 0 Å². The van der Waals surface area contributed by atoms with E-state index in [1.807, 2.05) is 30.3 Å². The quantitative estimate of drug-likeness (QED) is 0.387. The van der Waals surface area contributed by atoms with Crippen molar-refractivity contribution in [2.45, 2.75) is 0 Å². The summed E-state index contributed by atoms with van der Waals surface area (Å²) < 4.78 is 5.21. The van der Waals surface area contributed by atoms with Gasteiger partial charge in [-0.3, -0.25) is 9.59 Å². The van der Waals surface area contributed by atoms with Crippen LogP contribution in [0.1, 0.15) is 16.1 Å². The van der Waals surface area contributed by atoms with Crippen LogP contribution in [0.15, 0.2) is 82.2 Å². The largest absolute Gasteiger partial charge is 0.465 e. The van der Waals surface area contributed by atoms with E-state index in [1.165, 1.54) is 12.3 Å². The van der Waals surface area contributed by atoms with Crippen molar-refractivity contribution in [2.24, 2.45) is 0 Å². The molecule has 0 aliphatic rings. The number of carbonyl (C=O) groups excluding carboxylic acids is 1. The number of H-pyrrole nitrogens is 1. The summed E-state index contributed by atoms with van der Waals surface area (Å²) in [7, 11) is 0. The zero-order valence-corrected chi connectivity index (χ0v) is 14.9. The van der Waals surface area contributed by atoms with Crippen LogP contribution in [0.25, 0.3) is 28.1 Å². The number of hydrogen-bond acceptors (Lipinski definition) is 3. The standard InChI is InChI=1S/C22H14ClNO3/c23-15-8-10-18-17(13-15)20(14-5-2-1-3-6-14)21(22(26)24-18)19(25)11-9-16-7-4-12-27-16/h1-13H,(H,24,26). The number of fused-ring (bicyclic) bond motifs is 1. The molecule has 2 aromatic carbocycles. The Balaban J connectivity index is 1.98. The smallest absolute Gasteiger partial charge is 0.260 e. The van der Waals surface area contributed by atoms with Gasteiger partial charge in [0.1, 0.15) is 5.76 Å². The highest BCUT2D eigenvalue weighted by Gasteiger charge is 2.19. The van der Waals surface area contributed by atoms with E-state index in [4.69, 9.17) is 16.0 Å². The van der Waals surface area contributed by atoms with E-state index in [2.05, 4.69) is 4.98 Å². The molecule has 0 amide bonds. The van der Waals surface area contributed by atoms with Crippen molar-refractivity contribution in [1.82, 2.24) is 4.98 Å². The van der Waals surface area contributed by atoms with Crippen molar-refractivity contribution in [1.29, 1.82) is 0 Å². The van der Waals surface area contributed by atoms with Crippen molar-refractivity contribution in [3.05, 3.63) is 99.7 Å². The maximum absolute atomic E-state index is 12.9. The van der Waals surface area contributed by atoms with E-state index in [-0.39, 0.29) is 5.56 Å². The Bertz CT molecular complexity index is 1210. The van der Waals surface area contributed by atoms with Gasteiger partial charge in [0.2, 0.25) is 0 Å². The number of allylic oxidation sites excluding steroid dienone is 1. The lowest BCUT2D eigenvalue weighted by atomic mass is 9.94. The second-order valence-corrected chi connectivity index (χ2v) is 6.41. The molecule has 0 saturated carbocycles. The molecule has 0 unspecified atom stereocenters. The first-order valence-electron chi connectivity index (χ1n) is 8.30. The fraction of sp³-hybridized carbons (Fsp3) is 0. The topological polar surface area (TPSA) is 63.1 Å². The number of nitrogens with one attached hydrogen (secondary N) is 1. The van der Waals surface area contributed by atoms with Gasteiger partial charge in [-0.2, -0.15) is 0 Å². The van der Waals surface area contributed by atoms with Gasteiger partial charge in [0.05, 0.1) is 11.8 Å². The van der Waals surface area contributed by atoms with Gasteiger partial charge < -0.3 is 9.40 Å². The zero-order chi connectivity index (χ0) is 18.8. The number of furan rings is 1. The summed E-state index contributed by atoms with van der Waals surface area (Å²) in [6, 6.07) is 18.0. The Morgan fingerprint density at radius 2 is 1.85 bits per heavy atom. The molecule has 0 aliphatic carbocycles. The maximum atomic E-state index is 12.9. The molecule has 4 aromatic rings. The second kappa shape index (κ2) is 7.09. The highest BCUT2D eigenvalue weighted by molar-refractivity contribution is 6.31. The summed E-state index contributed by atoms with van der Waals surface area (Å²) in [5, 5.41) is 1.24. The minimum absolute atomic E-state index is 0.0683. The van der Waals surface area contributed by atoms with E-state index >= 15 is 0 Å². The molecular formula is C22H14ClNO3. The predicted molar refractivity (Wildman–Crippen MR) is 107 cm³/mol. The van der Waals surface area contributed by atoms with Gasteiger partial charge >= 0.3 is 0 Å². The monoisotopic (exact) mass is 375 g/mol. The fourth-order valence-electron chi connectivity index (χ4n) is 3.03. The van der Waals surface area contributed by atoms with Gasteiger partial charge in [-0.25, -0.2) is 0 Å². The summed E-state index contributed by atoms with van der Waals surface area (Å²) >= 11 is 6.18. The molecule has 5 heteroatoms. The number of aromatic amines is 1. The van der Waals surface area contributed by atoms with Gasteiger partial charge in [0, 0.05) is 21.5 Å². The molecule has 0 saturated heterocycles. The van der Waals surface area contributed by atoms with Crippen molar-refractivity contribution < 1.29 is 9.21 Å².